The van der Waals surface area contributed by atoms with Gasteiger partial charge < -0.3 is 20.4 Å². The molecule has 4 fully saturated rings. The molecule has 3 aliphatic heterocycles. The molecule has 0 radical (unpaired) electrons. The topological polar surface area (TPSA) is 139 Å². The van der Waals surface area contributed by atoms with Crippen molar-refractivity contribution in [2.75, 3.05) is 18.0 Å². The number of carboxylic acid groups (broad SMARTS) is 2. The lowest BCUT2D eigenvalue weighted by atomic mass is 9.66. The van der Waals surface area contributed by atoms with Gasteiger partial charge in [0.1, 0.15) is 0 Å². The summed E-state index contributed by atoms with van der Waals surface area (Å²) in [5.74, 6) is -0.836. The molecule has 3 heterocycles. The highest BCUT2D eigenvalue weighted by molar-refractivity contribution is 5.93. The van der Waals surface area contributed by atoms with Crippen LogP contribution in [-0.2, 0) is 14.4 Å². The molecule has 31 heavy (non-hydrogen) atoms. The zero-order valence-electron chi connectivity index (χ0n) is 17.5. The van der Waals surface area contributed by atoms with Crippen LogP contribution in [0.25, 0.3) is 0 Å². The number of hydrogen-bond acceptors (Lipinski definition) is 6. The standard InChI is InChI=1S/C18H24N2O.C4H6O6/c1-2-17(21)20(16-6-4-3-5-7-16)18-15-9-13-8-14(10-15)12-19(18)11-13;5-1(3(7)8)2(6)4(9)10/h3-7,13-15,18H,2,8-12H2,1H3;1-2,5-6H,(H,7,8)(H,9,10). The number of piperidine rings is 3. The van der Waals surface area contributed by atoms with Crippen molar-refractivity contribution in [2.24, 2.45) is 17.8 Å². The Morgan fingerprint density at radius 2 is 1.48 bits per heavy atom. The van der Waals surface area contributed by atoms with Gasteiger partial charge in [-0.2, -0.15) is 0 Å². The molecular formula is C22H30N2O7. The van der Waals surface area contributed by atoms with E-state index in [1.54, 1.807) is 0 Å². The van der Waals surface area contributed by atoms with E-state index < -0.39 is 24.1 Å². The predicted octanol–water partition coefficient (Wildman–Crippen LogP) is 0.995. The maximum absolute atomic E-state index is 12.6. The summed E-state index contributed by atoms with van der Waals surface area (Å²) >= 11 is 0. The number of anilines is 1. The summed E-state index contributed by atoms with van der Waals surface area (Å²) in [5.41, 5.74) is 1.07. The van der Waals surface area contributed by atoms with Crippen molar-refractivity contribution in [1.82, 2.24) is 4.90 Å². The minimum absolute atomic E-state index is 0.263. The molecule has 0 spiro atoms. The van der Waals surface area contributed by atoms with Gasteiger partial charge in [-0.05, 0) is 49.1 Å². The zero-order valence-corrected chi connectivity index (χ0v) is 17.5. The Kier molecular flexibility index (Phi) is 7.30. The van der Waals surface area contributed by atoms with Crippen LogP contribution in [0.4, 0.5) is 5.69 Å². The quantitative estimate of drug-likeness (QED) is 0.520. The number of aliphatic hydroxyl groups excluding tert-OH is 2. The third-order valence-corrected chi connectivity index (χ3v) is 6.40. The molecule has 9 nitrogen and oxygen atoms in total. The van der Waals surface area contributed by atoms with Crippen LogP contribution in [-0.4, -0.2) is 74.6 Å². The van der Waals surface area contributed by atoms with Gasteiger partial charge in [-0.1, -0.05) is 25.1 Å². The van der Waals surface area contributed by atoms with Gasteiger partial charge in [-0.15, -0.1) is 0 Å². The van der Waals surface area contributed by atoms with Crippen LogP contribution in [0.5, 0.6) is 0 Å². The fourth-order valence-corrected chi connectivity index (χ4v) is 5.26. The first-order valence-electron chi connectivity index (χ1n) is 10.7. The van der Waals surface area contributed by atoms with Crippen molar-refractivity contribution in [3.05, 3.63) is 30.3 Å². The Labute approximate surface area is 180 Å². The van der Waals surface area contributed by atoms with Crippen molar-refractivity contribution < 1.29 is 34.8 Å². The number of para-hydroxylation sites is 1. The lowest BCUT2D eigenvalue weighted by Crippen LogP contribution is -2.66. The van der Waals surface area contributed by atoms with Crippen LogP contribution in [0.15, 0.2) is 30.3 Å². The van der Waals surface area contributed by atoms with Crippen molar-refractivity contribution in [2.45, 2.75) is 51.0 Å². The second-order valence-electron chi connectivity index (χ2n) is 8.59. The number of carbonyl (C=O) groups excluding carboxylic acids is 1. The summed E-state index contributed by atoms with van der Waals surface area (Å²) in [7, 11) is 0. The number of amides is 1. The molecule has 9 heteroatoms. The van der Waals surface area contributed by atoms with Gasteiger partial charge in [0.15, 0.2) is 12.2 Å². The fourth-order valence-electron chi connectivity index (χ4n) is 5.26. The Morgan fingerprint density at radius 1 is 0.968 bits per heavy atom. The molecule has 1 aromatic carbocycles. The first kappa shape index (κ1) is 23.2. The number of aliphatic hydroxyl groups is 2. The molecule has 1 saturated carbocycles. The van der Waals surface area contributed by atoms with E-state index in [9.17, 15) is 14.4 Å². The number of nitrogens with zero attached hydrogens (tertiary/aromatic N) is 2. The van der Waals surface area contributed by atoms with Crippen molar-refractivity contribution >= 4 is 23.5 Å². The average Bonchev–Trinajstić information content (AvgIpc) is 2.75. The molecule has 5 atom stereocenters. The summed E-state index contributed by atoms with van der Waals surface area (Å²) in [4.78, 5) is 36.9. The van der Waals surface area contributed by atoms with Crippen LogP contribution < -0.4 is 4.90 Å². The van der Waals surface area contributed by atoms with Gasteiger partial charge in [0.2, 0.25) is 5.91 Å². The largest absolute Gasteiger partial charge is 0.479 e. The van der Waals surface area contributed by atoms with Crippen molar-refractivity contribution in [3.63, 3.8) is 0 Å². The molecule has 1 aromatic rings. The van der Waals surface area contributed by atoms with Crippen LogP contribution >= 0.6 is 0 Å². The first-order chi connectivity index (χ1) is 14.7. The number of carboxylic acids is 2. The Balaban J connectivity index is 0.000000233. The SMILES string of the molecule is CCC(=O)N(c1ccccc1)C1C2CC3CC(C2)CN1C3.O=C(O)C(O)C(O)C(=O)O. The number of benzene rings is 1. The zero-order chi connectivity index (χ0) is 22.7. The summed E-state index contributed by atoms with van der Waals surface area (Å²) in [6.45, 7) is 4.36. The number of hydrogen-bond donors (Lipinski definition) is 4. The van der Waals surface area contributed by atoms with Crippen LogP contribution in [0.1, 0.15) is 32.6 Å². The third-order valence-electron chi connectivity index (χ3n) is 6.40. The molecule has 1 aliphatic carbocycles. The molecule has 4 bridgehead atoms. The minimum Gasteiger partial charge on any atom is -0.479 e. The van der Waals surface area contributed by atoms with Gasteiger partial charge >= 0.3 is 11.9 Å². The minimum atomic E-state index is -2.27. The van der Waals surface area contributed by atoms with Gasteiger partial charge in [0, 0.05) is 25.2 Å². The maximum Gasteiger partial charge on any atom is 0.335 e. The molecule has 1 amide bonds. The predicted molar refractivity (Wildman–Crippen MR) is 111 cm³/mol. The van der Waals surface area contributed by atoms with Gasteiger partial charge in [-0.3, -0.25) is 14.6 Å². The molecule has 5 unspecified atom stereocenters. The summed E-state index contributed by atoms with van der Waals surface area (Å²) in [6, 6.07) is 10.3. The van der Waals surface area contributed by atoms with E-state index in [0.29, 0.717) is 18.5 Å². The summed E-state index contributed by atoms with van der Waals surface area (Å²) in [6.07, 6.45) is 0.407. The van der Waals surface area contributed by atoms with E-state index in [-0.39, 0.29) is 5.91 Å². The first-order valence-corrected chi connectivity index (χ1v) is 10.7. The normalized spacial score (nSPS) is 30.0. The van der Waals surface area contributed by atoms with Crippen LogP contribution in [0, 0.1) is 17.8 Å². The highest BCUT2D eigenvalue weighted by Crippen LogP contribution is 2.48. The van der Waals surface area contributed by atoms with Gasteiger partial charge in [0.25, 0.3) is 0 Å². The Hall–Kier alpha value is -2.49. The molecular weight excluding hydrogens is 404 g/mol. The molecule has 5 rings (SSSR count). The van der Waals surface area contributed by atoms with E-state index in [1.807, 2.05) is 25.1 Å². The highest BCUT2D eigenvalue weighted by Gasteiger charge is 2.50. The molecule has 4 N–H and O–H groups in total. The Bertz CT molecular complexity index is 754. The summed E-state index contributed by atoms with van der Waals surface area (Å²) < 4.78 is 0. The van der Waals surface area contributed by atoms with E-state index in [4.69, 9.17) is 20.4 Å². The lowest BCUT2D eigenvalue weighted by Gasteiger charge is -2.58. The molecule has 3 saturated heterocycles. The smallest absolute Gasteiger partial charge is 0.335 e. The van der Waals surface area contributed by atoms with Crippen molar-refractivity contribution in [3.8, 4) is 0 Å². The lowest BCUT2D eigenvalue weighted by molar-refractivity contribution is -0.165. The third kappa shape index (κ3) is 5.06. The Morgan fingerprint density at radius 3 is 1.90 bits per heavy atom. The molecule has 4 aliphatic rings. The second kappa shape index (κ2) is 9.76. The monoisotopic (exact) mass is 434 g/mol. The van der Waals surface area contributed by atoms with Crippen LogP contribution in [0.3, 0.4) is 0 Å². The van der Waals surface area contributed by atoms with E-state index in [1.165, 1.54) is 32.4 Å². The van der Waals surface area contributed by atoms with E-state index >= 15 is 0 Å². The number of carbonyl (C=O) groups is 3. The highest BCUT2D eigenvalue weighted by atomic mass is 16.4. The number of aliphatic carboxylic acids is 2. The molecule has 170 valence electrons. The van der Waals surface area contributed by atoms with Crippen molar-refractivity contribution in [1.29, 1.82) is 0 Å². The summed E-state index contributed by atoms with van der Waals surface area (Å²) in [5, 5.41) is 32.5. The van der Waals surface area contributed by atoms with Crippen LogP contribution in [0.2, 0.25) is 0 Å². The average molecular weight is 434 g/mol. The molecule has 0 aromatic heterocycles. The maximum atomic E-state index is 12.6. The van der Waals surface area contributed by atoms with Gasteiger partial charge in [0.05, 0.1) is 6.17 Å². The fraction of sp³-hybridized carbons (Fsp3) is 0.591. The van der Waals surface area contributed by atoms with E-state index in [2.05, 4.69) is 21.9 Å². The van der Waals surface area contributed by atoms with Gasteiger partial charge in [-0.25, -0.2) is 9.59 Å². The number of rotatable bonds is 6. The second-order valence-corrected chi connectivity index (χ2v) is 8.59. The van der Waals surface area contributed by atoms with E-state index in [0.717, 1.165) is 17.5 Å².